The molecule has 6 heteroatoms. The van der Waals surface area contributed by atoms with Crippen LogP contribution in [0.15, 0.2) is 12.2 Å². The number of carbonyl (C=O) groups excluding carboxylic acids is 3. The first-order chi connectivity index (χ1) is 29.0. The molecule has 0 rings (SSSR count). The van der Waals surface area contributed by atoms with Crippen LogP contribution < -0.4 is 0 Å². The third-order valence-corrected chi connectivity index (χ3v) is 11.8. The SMILES string of the molecule is CCCCCC/C=C\CCCCCCCCCC(=O)O[C@@H](COC(=O)CCCCCCCCCCCCC)COC(=O)CCCCCCCCCCCCCCCCC. The first-order valence-electron chi connectivity index (χ1n) is 26.2. The average molecular weight is 833 g/mol. The summed E-state index contributed by atoms with van der Waals surface area (Å²) in [5.74, 6) is -0.854. The number of esters is 3. The molecule has 0 heterocycles. The molecule has 59 heavy (non-hydrogen) atoms. The maximum absolute atomic E-state index is 12.8. The minimum absolute atomic E-state index is 0.0664. The second-order valence-corrected chi connectivity index (χ2v) is 17.8. The highest BCUT2D eigenvalue weighted by Gasteiger charge is 2.19. The lowest BCUT2D eigenvalue weighted by molar-refractivity contribution is -0.167. The fourth-order valence-electron chi connectivity index (χ4n) is 7.79. The normalized spacial score (nSPS) is 12.0. The monoisotopic (exact) mass is 833 g/mol. The van der Waals surface area contributed by atoms with Crippen molar-refractivity contribution in [2.75, 3.05) is 13.2 Å². The van der Waals surface area contributed by atoms with Crippen LogP contribution in [0.2, 0.25) is 0 Å². The van der Waals surface area contributed by atoms with E-state index >= 15 is 0 Å². The summed E-state index contributed by atoms with van der Waals surface area (Å²) in [6.45, 7) is 6.65. The summed E-state index contributed by atoms with van der Waals surface area (Å²) in [4.78, 5) is 37.9. The van der Waals surface area contributed by atoms with Crippen LogP contribution in [0.3, 0.4) is 0 Å². The van der Waals surface area contributed by atoms with Gasteiger partial charge in [0.05, 0.1) is 0 Å². The van der Waals surface area contributed by atoms with Crippen molar-refractivity contribution in [2.45, 2.75) is 297 Å². The topological polar surface area (TPSA) is 78.9 Å². The van der Waals surface area contributed by atoms with Gasteiger partial charge in [-0.05, 0) is 44.9 Å². The fourth-order valence-corrected chi connectivity index (χ4v) is 7.79. The van der Waals surface area contributed by atoms with Gasteiger partial charge in [0.2, 0.25) is 0 Å². The molecule has 1 atom stereocenters. The Kier molecular flexibility index (Phi) is 47.3. The molecule has 0 saturated heterocycles. The fraction of sp³-hybridized carbons (Fsp3) is 0.906. The van der Waals surface area contributed by atoms with Crippen LogP contribution in [0.4, 0.5) is 0 Å². The highest BCUT2D eigenvalue weighted by Crippen LogP contribution is 2.16. The molecule has 0 aliphatic carbocycles. The molecule has 0 spiro atoms. The zero-order valence-electron chi connectivity index (χ0n) is 39.8. The molecule has 0 aliphatic rings. The first-order valence-corrected chi connectivity index (χ1v) is 26.2. The van der Waals surface area contributed by atoms with Crippen LogP contribution in [-0.4, -0.2) is 37.2 Å². The van der Waals surface area contributed by atoms with Crippen LogP contribution in [-0.2, 0) is 28.6 Å². The minimum Gasteiger partial charge on any atom is -0.462 e. The highest BCUT2D eigenvalue weighted by molar-refractivity contribution is 5.71. The molecular formula is C53H100O6. The van der Waals surface area contributed by atoms with Crippen molar-refractivity contribution >= 4 is 17.9 Å². The lowest BCUT2D eigenvalue weighted by Gasteiger charge is -2.18. The predicted octanol–water partition coefficient (Wildman–Crippen LogP) is 17.0. The van der Waals surface area contributed by atoms with Gasteiger partial charge in [0.1, 0.15) is 13.2 Å². The van der Waals surface area contributed by atoms with E-state index in [9.17, 15) is 14.4 Å². The lowest BCUT2D eigenvalue weighted by atomic mass is 10.0. The van der Waals surface area contributed by atoms with Gasteiger partial charge in [-0.1, -0.05) is 238 Å². The van der Waals surface area contributed by atoms with Crippen LogP contribution in [0.5, 0.6) is 0 Å². The third kappa shape index (κ3) is 47.1. The average Bonchev–Trinajstić information content (AvgIpc) is 3.23. The molecule has 0 aromatic carbocycles. The number of hydrogen-bond acceptors (Lipinski definition) is 6. The highest BCUT2D eigenvalue weighted by atomic mass is 16.6. The van der Waals surface area contributed by atoms with E-state index in [-0.39, 0.29) is 31.1 Å². The van der Waals surface area contributed by atoms with E-state index in [0.717, 1.165) is 57.8 Å². The van der Waals surface area contributed by atoms with Gasteiger partial charge >= 0.3 is 17.9 Å². The van der Waals surface area contributed by atoms with E-state index in [1.54, 1.807) is 0 Å². The Balaban J connectivity index is 4.32. The minimum atomic E-state index is -0.765. The van der Waals surface area contributed by atoms with Crippen LogP contribution in [0.1, 0.15) is 290 Å². The first kappa shape index (κ1) is 57.1. The summed E-state index contributed by atoms with van der Waals surface area (Å²) in [5, 5.41) is 0. The lowest BCUT2D eigenvalue weighted by Crippen LogP contribution is -2.30. The molecule has 0 aliphatic heterocycles. The van der Waals surface area contributed by atoms with Crippen LogP contribution in [0.25, 0.3) is 0 Å². The summed E-state index contributed by atoms with van der Waals surface area (Å²) in [7, 11) is 0. The number of allylic oxidation sites excluding steroid dienone is 2. The van der Waals surface area contributed by atoms with E-state index in [0.29, 0.717) is 19.3 Å². The Morgan fingerprint density at radius 3 is 0.864 bits per heavy atom. The van der Waals surface area contributed by atoms with Crippen molar-refractivity contribution in [3.63, 3.8) is 0 Å². The molecule has 348 valence electrons. The van der Waals surface area contributed by atoms with E-state index in [1.807, 2.05) is 0 Å². The summed E-state index contributed by atoms with van der Waals surface area (Å²) in [5.41, 5.74) is 0. The van der Waals surface area contributed by atoms with Crippen molar-refractivity contribution in [3.05, 3.63) is 12.2 Å². The molecule has 0 N–H and O–H groups in total. The van der Waals surface area contributed by atoms with Crippen molar-refractivity contribution < 1.29 is 28.6 Å². The van der Waals surface area contributed by atoms with Crippen molar-refractivity contribution in [3.8, 4) is 0 Å². The number of hydrogen-bond donors (Lipinski definition) is 0. The van der Waals surface area contributed by atoms with Gasteiger partial charge < -0.3 is 14.2 Å². The summed E-state index contributed by atoms with van der Waals surface area (Å²) >= 11 is 0. The van der Waals surface area contributed by atoms with Crippen LogP contribution in [0, 0.1) is 0 Å². The van der Waals surface area contributed by atoms with Gasteiger partial charge in [-0.15, -0.1) is 0 Å². The van der Waals surface area contributed by atoms with Gasteiger partial charge in [-0.2, -0.15) is 0 Å². The molecule has 0 radical (unpaired) electrons. The summed E-state index contributed by atoms with van der Waals surface area (Å²) in [6, 6.07) is 0. The maximum atomic E-state index is 12.8. The molecule has 0 aromatic heterocycles. The Labute approximate surface area is 367 Å². The molecule has 0 saturated carbocycles. The Morgan fingerprint density at radius 1 is 0.322 bits per heavy atom. The van der Waals surface area contributed by atoms with Gasteiger partial charge in [0, 0.05) is 19.3 Å². The quantitative estimate of drug-likeness (QED) is 0.0263. The standard InChI is InChI=1S/C53H100O6/c1-4-7-10-13-16-19-22-24-26-28-31-34-37-40-43-46-52(55)58-49-50(48-57-51(54)45-42-39-36-33-30-21-18-15-12-9-6-3)59-53(56)47-44-41-38-35-32-29-27-25-23-20-17-14-11-8-5-2/h20,23,50H,4-19,21-22,24-49H2,1-3H3/b23-20-/t50-/m0/s1. The number of ether oxygens (including phenoxy) is 3. The number of unbranched alkanes of at least 4 members (excludes halogenated alkanes) is 35. The van der Waals surface area contributed by atoms with E-state index in [2.05, 4.69) is 32.9 Å². The Bertz CT molecular complexity index is 916. The second kappa shape index (κ2) is 48.8. The molecule has 0 unspecified atom stereocenters. The summed E-state index contributed by atoms with van der Waals surface area (Å²) in [6.07, 6.45) is 53.3. The molecule has 0 fully saturated rings. The Hall–Kier alpha value is -1.85. The van der Waals surface area contributed by atoms with Crippen molar-refractivity contribution in [1.29, 1.82) is 0 Å². The molecule has 6 nitrogen and oxygen atoms in total. The second-order valence-electron chi connectivity index (χ2n) is 17.8. The largest absolute Gasteiger partial charge is 0.462 e. The molecule has 0 amide bonds. The van der Waals surface area contributed by atoms with E-state index in [4.69, 9.17) is 14.2 Å². The van der Waals surface area contributed by atoms with Crippen molar-refractivity contribution in [2.24, 2.45) is 0 Å². The maximum Gasteiger partial charge on any atom is 0.306 e. The van der Waals surface area contributed by atoms with E-state index in [1.165, 1.54) is 193 Å². The van der Waals surface area contributed by atoms with E-state index < -0.39 is 6.10 Å². The molecule has 0 bridgehead atoms. The van der Waals surface area contributed by atoms with Gasteiger partial charge in [0.15, 0.2) is 6.10 Å². The third-order valence-electron chi connectivity index (χ3n) is 11.8. The predicted molar refractivity (Wildman–Crippen MR) is 252 cm³/mol. The summed E-state index contributed by atoms with van der Waals surface area (Å²) < 4.78 is 16.8. The van der Waals surface area contributed by atoms with Gasteiger partial charge in [-0.25, -0.2) is 0 Å². The zero-order valence-corrected chi connectivity index (χ0v) is 39.8. The number of carbonyl (C=O) groups is 3. The molecule has 0 aromatic rings. The zero-order chi connectivity index (χ0) is 43.0. The van der Waals surface area contributed by atoms with Gasteiger partial charge in [0.25, 0.3) is 0 Å². The Morgan fingerprint density at radius 2 is 0.559 bits per heavy atom. The molecular weight excluding hydrogens is 733 g/mol. The van der Waals surface area contributed by atoms with Crippen LogP contribution >= 0.6 is 0 Å². The number of rotatable bonds is 48. The smallest absolute Gasteiger partial charge is 0.306 e. The van der Waals surface area contributed by atoms with Crippen molar-refractivity contribution in [1.82, 2.24) is 0 Å². The van der Waals surface area contributed by atoms with Gasteiger partial charge in [-0.3, -0.25) is 14.4 Å².